The summed E-state index contributed by atoms with van der Waals surface area (Å²) in [6.45, 7) is 1.49. The molecular formula is C20H24N2O7S. The Morgan fingerprint density at radius 3 is 2.47 bits per heavy atom. The van der Waals surface area contributed by atoms with E-state index in [1.54, 1.807) is 44.4 Å². The van der Waals surface area contributed by atoms with E-state index >= 15 is 0 Å². The zero-order valence-electron chi connectivity index (χ0n) is 17.2. The highest BCUT2D eigenvalue weighted by molar-refractivity contribution is 7.92. The summed E-state index contributed by atoms with van der Waals surface area (Å²) in [6.07, 6.45) is 1.04. The Labute approximate surface area is 175 Å². The molecule has 1 aliphatic rings. The number of nitrogens with zero attached hydrogens (tertiary/aromatic N) is 1. The largest absolute Gasteiger partial charge is 0.493 e. The Kier molecular flexibility index (Phi) is 6.25. The molecule has 0 unspecified atom stereocenters. The Morgan fingerprint density at radius 1 is 1.10 bits per heavy atom. The number of fused-ring (bicyclic) bond motifs is 1. The van der Waals surface area contributed by atoms with Gasteiger partial charge in [0.05, 0.1) is 32.2 Å². The number of anilines is 1. The van der Waals surface area contributed by atoms with Crippen LogP contribution in [-0.2, 0) is 14.8 Å². The molecule has 1 heterocycles. The van der Waals surface area contributed by atoms with Gasteiger partial charge in [-0.3, -0.25) is 9.10 Å². The number of methoxy groups -OCH3 is 2. The second kappa shape index (κ2) is 8.70. The molecule has 1 N–H and O–H groups in total. The summed E-state index contributed by atoms with van der Waals surface area (Å²) in [5, 5.41) is 2.81. The van der Waals surface area contributed by atoms with Crippen molar-refractivity contribution >= 4 is 21.6 Å². The molecule has 9 nitrogen and oxygen atoms in total. The molecule has 0 fully saturated rings. The van der Waals surface area contributed by atoms with Gasteiger partial charge in [0.25, 0.3) is 0 Å². The van der Waals surface area contributed by atoms with Crippen molar-refractivity contribution in [2.45, 2.75) is 13.0 Å². The average molecular weight is 436 g/mol. The van der Waals surface area contributed by atoms with Gasteiger partial charge in [-0.05, 0) is 36.8 Å². The van der Waals surface area contributed by atoms with Crippen molar-refractivity contribution in [2.24, 2.45) is 0 Å². The molecule has 0 radical (unpaired) electrons. The van der Waals surface area contributed by atoms with Crippen LogP contribution < -0.4 is 28.6 Å². The van der Waals surface area contributed by atoms with Gasteiger partial charge in [-0.2, -0.15) is 0 Å². The standard InChI is InChI=1S/C20H24N2O7S/c1-13(14-5-7-16(26-2)18(9-14)27-3)21-20(23)11-22(30(4,24)25)15-6-8-17-19(10-15)29-12-28-17/h5-10,13H,11-12H2,1-4H3,(H,21,23)/t13-/m0/s1. The van der Waals surface area contributed by atoms with Crippen molar-refractivity contribution in [1.82, 2.24) is 5.32 Å². The van der Waals surface area contributed by atoms with Gasteiger partial charge >= 0.3 is 0 Å². The van der Waals surface area contributed by atoms with Gasteiger partial charge in [0.1, 0.15) is 6.54 Å². The fourth-order valence-electron chi connectivity index (χ4n) is 3.06. The molecule has 3 rings (SSSR count). The van der Waals surface area contributed by atoms with Gasteiger partial charge in [0.15, 0.2) is 23.0 Å². The molecule has 0 aromatic heterocycles. The maximum atomic E-state index is 12.6. The van der Waals surface area contributed by atoms with Crippen LogP contribution in [0.25, 0.3) is 0 Å². The summed E-state index contributed by atoms with van der Waals surface area (Å²) in [5.74, 6) is 1.61. The molecule has 162 valence electrons. The van der Waals surface area contributed by atoms with Crippen LogP contribution in [0, 0.1) is 0 Å². The Hall–Kier alpha value is -3.14. The maximum Gasteiger partial charge on any atom is 0.241 e. The number of carbonyl (C=O) groups excluding carboxylic acids is 1. The lowest BCUT2D eigenvalue weighted by atomic mass is 10.1. The first-order valence-electron chi connectivity index (χ1n) is 9.11. The second-order valence-corrected chi connectivity index (χ2v) is 8.62. The van der Waals surface area contributed by atoms with E-state index < -0.39 is 15.9 Å². The lowest BCUT2D eigenvalue weighted by molar-refractivity contribution is -0.120. The van der Waals surface area contributed by atoms with Gasteiger partial charge in [-0.1, -0.05) is 6.07 Å². The first kappa shape index (κ1) is 21.6. The SMILES string of the molecule is COc1ccc([C@H](C)NC(=O)CN(c2ccc3c(c2)OCO3)S(C)(=O)=O)cc1OC. The van der Waals surface area contributed by atoms with Gasteiger partial charge in [0.2, 0.25) is 22.7 Å². The third-order valence-electron chi connectivity index (χ3n) is 4.62. The quantitative estimate of drug-likeness (QED) is 0.676. The average Bonchev–Trinajstić information content (AvgIpc) is 3.18. The van der Waals surface area contributed by atoms with E-state index in [2.05, 4.69) is 5.32 Å². The van der Waals surface area contributed by atoms with Crippen LogP contribution in [0.2, 0.25) is 0 Å². The van der Waals surface area contributed by atoms with Crippen molar-refractivity contribution in [3.05, 3.63) is 42.0 Å². The van der Waals surface area contributed by atoms with Crippen molar-refractivity contribution in [1.29, 1.82) is 0 Å². The molecule has 2 aromatic carbocycles. The fourth-order valence-corrected chi connectivity index (χ4v) is 3.91. The Bertz CT molecular complexity index is 1040. The van der Waals surface area contributed by atoms with Crippen molar-refractivity contribution < 1.29 is 32.2 Å². The van der Waals surface area contributed by atoms with Crippen LogP contribution in [0.4, 0.5) is 5.69 Å². The normalized spacial score (nSPS) is 13.5. The predicted octanol–water partition coefficient (Wildman–Crippen LogP) is 2.08. The van der Waals surface area contributed by atoms with Crippen LogP contribution in [-0.4, -0.2) is 48.1 Å². The van der Waals surface area contributed by atoms with E-state index in [1.165, 1.54) is 13.2 Å². The fraction of sp³-hybridized carbons (Fsp3) is 0.350. The van der Waals surface area contributed by atoms with Crippen LogP contribution >= 0.6 is 0 Å². The molecule has 0 aliphatic carbocycles. The summed E-state index contributed by atoms with van der Waals surface area (Å²) >= 11 is 0. The highest BCUT2D eigenvalue weighted by Gasteiger charge is 2.24. The Morgan fingerprint density at radius 2 is 1.80 bits per heavy atom. The Balaban J connectivity index is 1.75. The van der Waals surface area contributed by atoms with Gasteiger partial charge in [0, 0.05) is 6.07 Å². The van der Waals surface area contributed by atoms with Crippen LogP contribution in [0.1, 0.15) is 18.5 Å². The lowest BCUT2D eigenvalue weighted by Gasteiger charge is -2.23. The maximum absolute atomic E-state index is 12.6. The molecule has 0 bridgehead atoms. The molecule has 0 saturated carbocycles. The lowest BCUT2D eigenvalue weighted by Crippen LogP contribution is -2.41. The number of nitrogens with one attached hydrogen (secondary N) is 1. The van der Waals surface area contributed by atoms with E-state index in [4.69, 9.17) is 18.9 Å². The monoisotopic (exact) mass is 436 g/mol. The molecule has 2 aromatic rings. The number of carbonyl (C=O) groups is 1. The smallest absolute Gasteiger partial charge is 0.241 e. The summed E-state index contributed by atoms with van der Waals surface area (Å²) < 4.78 is 46.7. The highest BCUT2D eigenvalue weighted by atomic mass is 32.2. The third kappa shape index (κ3) is 4.70. The number of sulfonamides is 1. The minimum absolute atomic E-state index is 0.0704. The van der Waals surface area contributed by atoms with E-state index in [1.807, 2.05) is 0 Å². The van der Waals surface area contributed by atoms with Crippen LogP contribution in [0.15, 0.2) is 36.4 Å². The minimum Gasteiger partial charge on any atom is -0.493 e. The van der Waals surface area contributed by atoms with Crippen molar-refractivity contribution in [3.8, 4) is 23.0 Å². The molecule has 1 amide bonds. The summed E-state index contributed by atoms with van der Waals surface area (Å²) in [5.41, 5.74) is 1.10. The number of ether oxygens (including phenoxy) is 4. The number of hydrogen-bond donors (Lipinski definition) is 1. The molecule has 0 saturated heterocycles. The van der Waals surface area contributed by atoms with Crippen molar-refractivity contribution in [3.63, 3.8) is 0 Å². The van der Waals surface area contributed by atoms with Gasteiger partial charge < -0.3 is 24.3 Å². The topological polar surface area (TPSA) is 103 Å². The highest BCUT2D eigenvalue weighted by Crippen LogP contribution is 2.36. The number of hydrogen-bond acceptors (Lipinski definition) is 7. The van der Waals surface area contributed by atoms with Crippen LogP contribution in [0.5, 0.6) is 23.0 Å². The van der Waals surface area contributed by atoms with Gasteiger partial charge in [-0.25, -0.2) is 8.42 Å². The van der Waals surface area contributed by atoms with Crippen molar-refractivity contribution in [2.75, 3.05) is 38.1 Å². The number of rotatable bonds is 8. The molecular weight excluding hydrogens is 412 g/mol. The minimum atomic E-state index is -3.71. The molecule has 1 atom stereocenters. The summed E-state index contributed by atoms with van der Waals surface area (Å²) in [4.78, 5) is 12.6. The number of amides is 1. The number of benzene rings is 2. The zero-order valence-corrected chi connectivity index (χ0v) is 18.0. The predicted molar refractivity (Wildman–Crippen MR) is 111 cm³/mol. The van der Waals surface area contributed by atoms with E-state index in [9.17, 15) is 13.2 Å². The molecule has 30 heavy (non-hydrogen) atoms. The molecule has 10 heteroatoms. The first-order chi connectivity index (χ1) is 14.2. The van der Waals surface area contributed by atoms with E-state index in [0.717, 1.165) is 16.1 Å². The molecule has 1 aliphatic heterocycles. The third-order valence-corrected chi connectivity index (χ3v) is 5.76. The second-order valence-electron chi connectivity index (χ2n) is 6.71. The van der Waals surface area contributed by atoms with E-state index in [0.29, 0.717) is 28.7 Å². The van der Waals surface area contributed by atoms with Gasteiger partial charge in [-0.15, -0.1) is 0 Å². The van der Waals surface area contributed by atoms with Crippen LogP contribution in [0.3, 0.4) is 0 Å². The zero-order chi connectivity index (χ0) is 21.9. The molecule has 0 spiro atoms. The summed E-state index contributed by atoms with van der Waals surface area (Å²) in [7, 11) is -0.643. The van der Waals surface area contributed by atoms with E-state index in [-0.39, 0.29) is 19.4 Å². The summed E-state index contributed by atoms with van der Waals surface area (Å²) in [6, 6.07) is 9.64. The first-order valence-corrected chi connectivity index (χ1v) is 11.0.